The molecule has 0 saturated carbocycles. The number of carbonyl (C=O) groups excluding carboxylic acids is 2. The predicted molar refractivity (Wildman–Crippen MR) is 60.8 cm³/mol. The van der Waals surface area contributed by atoms with Crippen molar-refractivity contribution in [3.63, 3.8) is 0 Å². The van der Waals surface area contributed by atoms with E-state index in [4.69, 9.17) is 0 Å². The number of carbonyl (C=O) groups is 2. The van der Waals surface area contributed by atoms with Gasteiger partial charge in [-0.2, -0.15) is 0 Å². The second-order valence-electron chi connectivity index (χ2n) is 3.60. The largest absolute Gasteiger partial charge is 0.361 e. The Morgan fingerprint density at radius 1 is 1.31 bits per heavy atom. The summed E-state index contributed by atoms with van der Waals surface area (Å²) in [5.74, 6) is -1.02. The van der Waals surface area contributed by atoms with Crippen molar-refractivity contribution in [1.29, 1.82) is 0 Å². The van der Waals surface area contributed by atoms with Gasteiger partial charge >= 0.3 is 0 Å². The molecule has 82 valence electrons. The SMILES string of the molecule is CC(=O)C(=O)NCc1c[nH]c2ccccc12. The zero-order valence-electron chi connectivity index (χ0n) is 8.91. The molecule has 0 aliphatic carbocycles. The fraction of sp³-hybridized carbons (Fsp3) is 0.167. The average Bonchev–Trinajstić information content (AvgIpc) is 2.69. The highest BCUT2D eigenvalue weighted by Crippen LogP contribution is 2.17. The van der Waals surface area contributed by atoms with Crippen LogP contribution in [-0.4, -0.2) is 16.7 Å². The van der Waals surface area contributed by atoms with E-state index in [0.717, 1.165) is 16.5 Å². The molecule has 0 aliphatic heterocycles. The number of para-hydroxylation sites is 1. The van der Waals surface area contributed by atoms with Gasteiger partial charge in [0.1, 0.15) is 0 Å². The lowest BCUT2D eigenvalue weighted by molar-refractivity contribution is -0.136. The van der Waals surface area contributed by atoms with Crippen molar-refractivity contribution in [2.24, 2.45) is 0 Å². The van der Waals surface area contributed by atoms with Crippen molar-refractivity contribution in [2.45, 2.75) is 13.5 Å². The number of hydrogen-bond donors (Lipinski definition) is 2. The van der Waals surface area contributed by atoms with Crippen LogP contribution in [0.25, 0.3) is 10.9 Å². The minimum atomic E-state index is -0.551. The van der Waals surface area contributed by atoms with Crippen LogP contribution in [0.4, 0.5) is 0 Å². The number of hydrogen-bond acceptors (Lipinski definition) is 2. The second-order valence-corrected chi connectivity index (χ2v) is 3.60. The molecule has 0 aliphatic rings. The second kappa shape index (κ2) is 4.18. The Hall–Kier alpha value is -2.10. The maximum Gasteiger partial charge on any atom is 0.287 e. The van der Waals surface area contributed by atoms with Gasteiger partial charge in [-0.25, -0.2) is 0 Å². The number of ketones is 1. The molecule has 2 rings (SSSR count). The van der Waals surface area contributed by atoms with E-state index in [9.17, 15) is 9.59 Å². The first-order valence-electron chi connectivity index (χ1n) is 5.02. The third-order valence-corrected chi connectivity index (χ3v) is 2.43. The average molecular weight is 216 g/mol. The number of fused-ring (bicyclic) bond motifs is 1. The summed E-state index contributed by atoms with van der Waals surface area (Å²) in [6.07, 6.45) is 1.84. The Bertz CT molecular complexity index is 543. The van der Waals surface area contributed by atoms with Crippen LogP contribution < -0.4 is 5.32 Å². The monoisotopic (exact) mass is 216 g/mol. The lowest BCUT2D eigenvalue weighted by Gasteiger charge is -2.00. The van der Waals surface area contributed by atoms with Crippen LogP contribution in [0.5, 0.6) is 0 Å². The van der Waals surface area contributed by atoms with Crippen LogP contribution in [0.15, 0.2) is 30.5 Å². The summed E-state index contributed by atoms with van der Waals surface area (Å²) in [5.41, 5.74) is 2.00. The van der Waals surface area contributed by atoms with E-state index in [0.29, 0.717) is 6.54 Å². The molecular formula is C12H12N2O2. The molecular weight excluding hydrogens is 204 g/mol. The van der Waals surface area contributed by atoms with Crippen LogP contribution in [0, 0.1) is 0 Å². The summed E-state index contributed by atoms with van der Waals surface area (Å²) in [4.78, 5) is 25.0. The molecule has 0 atom stereocenters. The lowest BCUT2D eigenvalue weighted by Crippen LogP contribution is -2.28. The number of aromatic nitrogens is 1. The van der Waals surface area contributed by atoms with Crippen molar-refractivity contribution in [1.82, 2.24) is 10.3 Å². The molecule has 1 amide bonds. The molecule has 1 heterocycles. The van der Waals surface area contributed by atoms with Gasteiger partial charge in [0.25, 0.3) is 5.91 Å². The molecule has 0 unspecified atom stereocenters. The molecule has 4 heteroatoms. The van der Waals surface area contributed by atoms with Gasteiger partial charge in [0.05, 0.1) is 0 Å². The summed E-state index contributed by atoms with van der Waals surface area (Å²) in [6, 6.07) is 7.82. The third kappa shape index (κ3) is 1.95. The van der Waals surface area contributed by atoms with E-state index in [1.54, 1.807) is 0 Å². The van der Waals surface area contributed by atoms with E-state index in [1.807, 2.05) is 30.5 Å². The Balaban J connectivity index is 2.16. The van der Waals surface area contributed by atoms with E-state index < -0.39 is 11.7 Å². The first kappa shape index (κ1) is 10.4. The summed E-state index contributed by atoms with van der Waals surface area (Å²) in [5, 5.41) is 3.63. The molecule has 0 fully saturated rings. The molecule has 0 bridgehead atoms. The van der Waals surface area contributed by atoms with E-state index >= 15 is 0 Å². The Kier molecular flexibility index (Phi) is 2.72. The molecule has 0 radical (unpaired) electrons. The van der Waals surface area contributed by atoms with Crippen LogP contribution in [0.1, 0.15) is 12.5 Å². The summed E-state index contributed by atoms with van der Waals surface area (Å²) < 4.78 is 0. The van der Waals surface area contributed by atoms with Gasteiger partial charge in [-0.1, -0.05) is 18.2 Å². The zero-order valence-corrected chi connectivity index (χ0v) is 8.91. The number of amides is 1. The predicted octanol–water partition coefficient (Wildman–Crippen LogP) is 1.37. The third-order valence-electron chi connectivity index (χ3n) is 2.43. The molecule has 0 saturated heterocycles. The van der Waals surface area contributed by atoms with Gasteiger partial charge in [-0.3, -0.25) is 9.59 Å². The molecule has 16 heavy (non-hydrogen) atoms. The number of H-pyrrole nitrogens is 1. The van der Waals surface area contributed by atoms with Gasteiger partial charge in [-0.05, 0) is 11.6 Å². The summed E-state index contributed by atoms with van der Waals surface area (Å²) in [7, 11) is 0. The van der Waals surface area contributed by atoms with E-state index in [-0.39, 0.29) is 0 Å². The number of Topliss-reactive ketones (excluding diaryl/α,β-unsaturated/α-hetero) is 1. The standard InChI is InChI=1S/C12H12N2O2/c1-8(15)12(16)14-7-9-6-13-11-5-3-2-4-10(9)11/h2-6,13H,7H2,1H3,(H,14,16). The minimum Gasteiger partial charge on any atom is -0.361 e. The molecule has 0 spiro atoms. The molecule has 1 aromatic carbocycles. The fourth-order valence-corrected chi connectivity index (χ4v) is 1.58. The number of rotatable bonds is 3. The van der Waals surface area contributed by atoms with Gasteiger partial charge in [0, 0.05) is 30.6 Å². The van der Waals surface area contributed by atoms with Crippen LogP contribution in [-0.2, 0) is 16.1 Å². The van der Waals surface area contributed by atoms with Crippen molar-refractivity contribution in [3.05, 3.63) is 36.0 Å². The van der Waals surface area contributed by atoms with Crippen LogP contribution in [0.3, 0.4) is 0 Å². The van der Waals surface area contributed by atoms with E-state index in [1.165, 1.54) is 6.92 Å². The van der Waals surface area contributed by atoms with Crippen LogP contribution >= 0.6 is 0 Å². The summed E-state index contributed by atoms with van der Waals surface area (Å²) in [6.45, 7) is 1.62. The highest BCUT2D eigenvalue weighted by atomic mass is 16.2. The molecule has 2 N–H and O–H groups in total. The van der Waals surface area contributed by atoms with Crippen LogP contribution in [0.2, 0.25) is 0 Å². The molecule has 2 aromatic rings. The Morgan fingerprint density at radius 2 is 2.06 bits per heavy atom. The highest BCUT2D eigenvalue weighted by Gasteiger charge is 2.08. The van der Waals surface area contributed by atoms with Gasteiger partial charge in [0.2, 0.25) is 5.78 Å². The maximum atomic E-state index is 11.1. The van der Waals surface area contributed by atoms with Crippen molar-refractivity contribution in [2.75, 3.05) is 0 Å². The molecule has 4 nitrogen and oxygen atoms in total. The Morgan fingerprint density at radius 3 is 2.81 bits per heavy atom. The van der Waals surface area contributed by atoms with E-state index in [2.05, 4.69) is 10.3 Å². The molecule has 1 aromatic heterocycles. The first-order valence-corrected chi connectivity index (χ1v) is 5.02. The first-order chi connectivity index (χ1) is 7.68. The minimum absolute atomic E-state index is 0.364. The highest BCUT2D eigenvalue weighted by molar-refractivity contribution is 6.35. The van der Waals surface area contributed by atoms with Crippen molar-refractivity contribution in [3.8, 4) is 0 Å². The normalized spacial score (nSPS) is 10.3. The number of aromatic amines is 1. The maximum absolute atomic E-state index is 11.1. The Labute approximate surface area is 92.7 Å². The smallest absolute Gasteiger partial charge is 0.287 e. The zero-order chi connectivity index (χ0) is 11.5. The number of nitrogens with one attached hydrogen (secondary N) is 2. The number of benzene rings is 1. The van der Waals surface area contributed by atoms with Gasteiger partial charge in [-0.15, -0.1) is 0 Å². The lowest BCUT2D eigenvalue weighted by atomic mass is 10.2. The fourth-order valence-electron chi connectivity index (χ4n) is 1.58. The van der Waals surface area contributed by atoms with Gasteiger partial charge < -0.3 is 10.3 Å². The topological polar surface area (TPSA) is 62.0 Å². The van der Waals surface area contributed by atoms with Crippen molar-refractivity contribution >= 4 is 22.6 Å². The quantitative estimate of drug-likeness (QED) is 0.761. The summed E-state index contributed by atoms with van der Waals surface area (Å²) >= 11 is 0. The van der Waals surface area contributed by atoms with Crippen molar-refractivity contribution < 1.29 is 9.59 Å². The van der Waals surface area contributed by atoms with Gasteiger partial charge in [0.15, 0.2) is 0 Å².